The maximum Gasteiger partial charge on any atom is 0.472 e. The summed E-state index contributed by atoms with van der Waals surface area (Å²) in [4.78, 5) is 72.7. The molecular formula is C76H148O17P2. The van der Waals surface area contributed by atoms with Gasteiger partial charge in [0, 0.05) is 25.7 Å². The van der Waals surface area contributed by atoms with Gasteiger partial charge in [-0.25, -0.2) is 9.13 Å². The van der Waals surface area contributed by atoms with Gasteiger partial charge in [0.1, 0.15) is 19.3 Å². The van der Waals surface area contributed by atoms with E-state index in [1.165, 1.54) is 173 Å². The van der Waals surface area contributed by atoms with Crippen molar-refractivity contribution >= 4 is 39.5 Å². The Morgan fingerprint density at radius 3 is 0.747 bits per heavy atom. The molecule has 0 aliphatic rings. The summed E-state index contributed by atoms with van der Waals surface area (Å²) in [6, 6.07) is 0. The molecule has 0 aromatic heterocycles. The Morgan fingerprint density at radius 1 is 0.295 bits per heavy atom. The maximum atomic E-state index is 13.1. The standard InChI is InChI=1S/C76H148O17P2/c1-9-69(8)55-47-39-30-24-20-16-14-12-10-11-13-15-17-21-25-31-42-50-58-75(80)93-72(63-87-74(79)57-49-41-35-34-38-46-54-68(6)7)65-91-95(84,85)89-61-70(77)60-88-94(82,83)90-64-71(62-86-73(78)56-48-40-33-27-29-37-45-53-67(4)5)92-76(81)59-51-43-32-26-22-18-19-23-28-36-44-52-66(2)3/h66-72,77H,9-65H2,1-8H3,(H,82,83)(H,84,85)/t69?,70-,71-,72-/m1/s1. The third kappa shape index (κ3) is 69.0. The minimum absolute atomic E-state index is 0.105. The number of phosphoric ester groups is 2. The summed E-state index contributed by atoms with van der Waals surface area (Å²) in [6.45, 7) is 14.1. The molecule has 3 unspecified atom stereocenters. The van der Waals surface area contributed by atoms with Gasteiger partial charge >= 0.3 is 39.5 Å². The van der Waals surface area contributed by atoms with Crippen molar-refractivity contribution in [2.75, 3.05) is 39.6 Å². The first-order valence-electron chi connectivity index (χ1n) is 39.2. The molecule has 0 heterocycles. The molecule has 19 heteroatoms. The SMILES string of the molecule is CCC(C)CCCCCCCCCCCCCCCCCCCCC(=O)O[C@H](COC(=O)CCCCCCCCC(C)C)COP(=O)(O)OC[C@H](O)COP(=O)(O)OC[C@@H](COC(=O)CCCCCCCCCC(C)C)OC(=O)CCCCCCCCCCCCCC(C)C. The average molecular weight is 1400 g/mol. The smallest absolute Gasteiger partial charge is 0.462 e. The number of unbranched alkanes of at least 4 members (excludes halogenated alkanes) is 38. The van der Waals surface area contributed by atoms with Crippen LogP contribution in [0.25, 0.3) is 0 Å². The second kappa shape index (κ2) is 65.4. The molecule has 95 heavy (non-hydrogen) atoms. The molecule has 17 nitrogen and oxygen atoms in total. The van der Waals surface area contributed by atoms with Crippen LogP contribution in [0.1, 0.15) is 383 Å². The minimum atomic E-state index is -4.96. The highest BCUT2D eigenvalue weighted by atomic mass is 31.2. The molecule has 3 N–H and O–H groups in total. The fourth-order valence-corrected chi connectivity index (χ4v) is 13.1. The zero-order chi connectivity index (χ0) is 70.3. The lowest BCUT2D eigenvalue weighted by molar-refractivity contribution is -0.161. The maximum absolute atomic E-state index is 13.1. The van der Waals surface area contributed by atoms with Crippen LogP contribution in [-0.2, 0) is 65.4 Å². The van der Waals surface area contributed by atoms with Crippen LogP contribution >= 0.6 is 15.6 Å². The number of aliphatic hydroxyl groups excluding tert-OH is 1. The highest BCUT2D eigenvalue weighted by Crippen LogP contribution is 2.45. The predicted molar refractivity (Wildman–Crippen MR) is 386 cm³/mol. The number of carbonyl (C=O) groups is 4. The van der Waals surface area contributed by atoms with Crippen molar-refractivity contribution in [3.05, 3.63) is 0 Å². The molecule has 0 aliphatic carbocycles. The lowest BCUT2D eigenvalue weighted by atomic mass is 9.99. The van der Waals surface area contributed by atoms with Gasteiger partial charge in [-0.1, -0.05) is 331 Å². The summed E-state index contributed by atoms with van der Waals surface area (Å²) < 4.78 is 68.4. The van der Waals surface area contributed by atoms with Crippen LogP contribution in [0, 0.1) is 23.7 Å². The van der Waals surface area contributed by atoms with E-state index in [4.69, 9.17) is 37.0 Å². The van der Waals surface area contributed by atoms with Gasteiger partial charge in [-0.15, -0.1) is 0 Å². The third-order valence-corrected chi connectivity index (χ3v) is 19.8. The van der Waals surface area contributed by atoms with Gasteiger partial charge in [0.2, 0.25) is 0 Å². The van der Waals surface area contributed by atoms with Crippen LogP contribution < -0.4 is 0 Å². The zero-order valence-corrected chi connectivity index (χ0v) is 64.1. The van der Waals surface area contributed by atoms with Crippen LogP contribution in [0.2, 0.25) is 0 Å². The van der Waals surface area contributed by atoms with E-state index >= 15 is 0 Å². The van der Waals surface area contributed by atoms with E-state index in [0.717, 1.165) is 115 Å². The highest BCUT2D eigenvalue weighted by Gasteiger charge is 2.30. The zero-order valence-electron chi connectivity index (χ0n) is 62.3. The van der Waals surface area contributed by atoms with Crippen molar-refractivity contribution in [3.63, 3.8) is 0 Å². The van der Waals surface area contributed by atoms with Crippen molar-refractivity contribution in [2.24, 2.45) is 23.7 Å². The molecule has 6 atom stereocenters. The van der Waals surface area contributed by atoms with Crippen molar-refractivity contribution in [2.45, 2.75) is 401 Å². The molecule has 564 valence electrons. The summed E-state index contributed by atoms with van der Waals surface area (Å²) in [5.41, 5.74) is 0. The molecule has 0 saturated carbocycles. The van der Waals surface area contributed by atoms with Gasteiger partial charge in [0.05, 0.1) is 26.4 Å². The van der Waals surface area contributed by atoms with Gasteiger partial charge in [-0.05, 0) is 49.4 Å². The number of esters is 4. The second-order valence-corrected chi connectivity index (χ2v) is 32.0. The Bertz CT molecular complexity index is 1870. The molecule has 0 radical (unpaired) electrons. The summed E-state index contributed by atoms with van der Waals surface area (Å²) in [7, 11) is -9.91. The van der Waals surface area contributed by atoms with Crippen molar-refractivity contribution in [3.8, 4) is 0 Å². The molecule has 0 fully saturated rings. The van der Waals surface area contributed by atoms with E-state index in [1.807, 2.05) is 0 Å². The van der Waals surface area contributed by atoms with Gasteiger partial charge in [-0.2, -0.15) is 0 Å². The number of phosphoric acid groups is 2. The van der Waals surface area contributed by atoms with Crippen LogP contribution in [0.3, 0.4) is 0 Å². The highest BCUT2D eigenvalue weighted by molar-refractivity contribution is 7.47. The topological polar surface area (TPSA) is 237 Å². The quantitative estimate of drug-likeness (QED) is 0.0222. The normalized spacial score (nSPS) is 14.4. The summed E-state index contributed by atoms with van der Waals surface area (Å²) in [6.07, 6.45) is 50.3. The Labute approximate surface area is 581 Å². The van der Waals surface area contributed by atoms with Crippen LogP contribution in [0.15, 0.2) is 0 Å². The predicted octanol–water partition coefficient (Wildman–Crippen LogP) is 22.0. The molecule has 0 aromatic carbocycles. The number of hydrogen-bond donors (Lipinski definition) is 3. The first kappa shape index (κ1) is 93.1. The van der Waals surface area contributed by atoms with E-state index in [9.17, 15) is 43.2 Å². The largest absolute Gasteiger partial charge is 0.472 e. The van der Waals surface area contributed by atoms with E-state index in [0.29, 0.717) is 37.5 Å². The monoisotopic (exact) mass is 1400 g/mol. The van der Waals surface area contributed by atoms with Crippen molar-refractivity contribution in [1.82, 2.24) is 0 Å². The summed E-state index contributed by atoms with van der Waals surface area (Å²) in [5.74, 6) is 0.895. The molecule has 0 rings (SSSR count). The number of rotatable bonds is 73. The van der Waals surface area contributed by atoms with Crippen LogP contribution in [-0.4, -0.2) is 96.7 Å². The lowest BCUT2D eigenvalue weighted by Gasteiger charge is -2.21. The van der Waals surface area contributed by atoms with Crippen LogP contribution in [0.4, 0.5) is 0 Å². The Balaban J connectivity index is 5.15. The molecule has 0 bridgehead atoms. The first-order valence-corrected chi connectivity index (χ1v) is 42.2. The number of hydrogen-bond acceptors (Lipinski definition) is 15. The Kier molecular flexibility index (Phi) is 64.0. The summed E-state index contributed by atoms with van der Waals surface area (Å²) >= 11 is 0. The average Bonchev–Trinajstić information content (AvgIpc) is 1.45. The van der Waals surface area contributed by atoms with Gasteiger partial charge in [0.25, 0.3) is 0 Å². The van der Waals surface area contributed by atoms with Gasteiger partial charge in [-0.3, -0.25) is 37.3 Å². The third-order valence-electron chi connectivity index (χ3n) is 17.9. The number of ether oxygens (including phenoxy) is 4. The lowest BCUT2D eigenvalue weighted by Crippen LogP contribution is -2.30. The Hall–Kier alpha value is -1.94. The van der Waals surface area contributed by atoms with E-state index in [2.05, 4.69) is 55.4 Å². The molecule has 0 saturated heterocycles. The molecule has 0 amide bonds. The molecule has 0 spiro atoms. The van der Waals surface area contributed by atoms with Gasteiger partial charge < -0.3 is 33.8 Å². The Morgan fingerprint density at radius 2 is 0.505 bits per heavy atom. The van der Waals surface area contributed by atoms with E-state index in [-0.39, 0.29) is 25.7 Å². The number of carbonyl (C=O) groups excluding carboxylic acids is 4. The minimum Gasteiger partial charge on any atom is -0.462 e. The fourth-order valence-electron chi connectivity index (χ4n) is 11.5. The van der Waals surface area contributed by atoms with Gasteiger partial charge in [0.15, 0.2) is 12.2 Å². The summed E-state index contributed by atoms with van der Waals surface area (Å²) in [5, 5.41) is 10.6. The van der Waals surface area contributed by atoms with Crippen molar-refractivity contribution in [1.29, 1.82) is 0 Å². The van der Waals surface area contributed by atoms with Crippen molar-refractivity contribution < 1.29 is 80.2 Å². The number of aliphatic hydroxyl groups is 1. The van der Waals surface area contributed by atoms with E-state index < -0.39 is 97.5 Å². The first-order chi connectivity index (χ1) is 45.6. The molecular weight excluding hydrogens is 1250 g/mol. The second-order valence-electron chi connectivity index (χ2n) is 29.1. The van der Waals surface area contributed by atoms with E-state index in [1.54, 1.807) is 0 Å². The molecule has 0 aliphatic heterocycles. The van der Waals surface area contributed by atoms with Crippen LogP contribution in [0.5, 0.6) is 0 Å². The molecule has 0 aromatic rings. The fraction of sp³-hybridized carbons (Fsp3) is 0.947.